The zero-order valence-electron chi connectivity index (χ0n) is 17.5. The van der Waals surface area contributed by atoms with Crippen molar-refractivity contribution in [3.8, 4) is 16.2 Å². The fraction of sp³-hybridized carbons (Fsp3) is 0.280. The molecule has 2 amide bonds. The number of amides is 2. The van der Waals surface area contributed by atoms with Gasteiger partial charge >= 0.3 is 0 Å². The summed E-state index contributed by atoms with van der Waals surface area (Å²) in [5, 5.41) is 2.05. The Bertz CT molecular complexity index is 1060. The van der Waals surface area contributed by atoms with E-state index in [0.717, 1.165) is 22.4 Å². The molecule has 6 heteroatoms. The van der Waals surface area contributed by atoms with Crippen LogP contribution >= 0.6 is 11.3 Å². The molecule has 2 N–H and O–H groups in total. The smallest absolute Gasteiger partial charge is 0.227 e. The molecule has 1 saturated heterocycles. The van der Waals surface area contributed by atoms with Crippen LogP contribution in [0.1, 0.15) is 17.5 Å². The number of rotatable bonds is 7. The van der Waals surface area contributed by atoms with Gasteiger partial charge in [-0.1, -0.05) is 42.5 Å². The summed E-state index contributed by atoms with van der Waals surface area (Å²) < 4.78 is 5.17. The molecule has 31 heavy (non-hydrogen) atoms. The molecule has 1 aliphatic rings. The van der Waals surface area contributed by atoms with Crippen LogP contribution in [0.5, 0.6) is 5.75 Å². The van der Waals surface area contributed by atoms with Crippen molar-refractivity contribution in [1.29, 1.82) is 0 Å². The van der Waals surface area contributed by atoms with Crippen molar-refractivity contribution in [2.75, 3.05) is 20.2 Å². The molecule has 4 rings (SSSR count). The molecule has 1 aromatic heterocycles. The molecule has 0 spiro atoms. The number of benzene rings is 2. The number of likely N-dealkylation sites (tertiary alicyclic amines) is 1. The van der Waals surface area contributed by atoms with E-state index in [1.165, 1.54) is 4.88 Å². The molecule has 0 saturated carbocycles. The number of methoxy groups -OCH3 is 1. The topological polar surface area (TPSA) is 72.6 Å². The Morgan fingerprint density at radius 2 is 1.87 bits per heavy atom. The summed E-state index contributed by atoms with van der Waals surface area (Å²) in [6, 6.07) is 19.7. The number of carbonyl (C=O) groups is 2. The third kappa shape index (κ3) is 4.49. The van der Waals surface area contributed by atoms with E-state index in [-0.39, 0.29) is 11.8 Å². The minimum atomic E-state index is -0.747. The first-order valence-electron chi connectivity index (χ1n) is 10.3. The molecular formula is C25H26N2O3S. The molecule has 3 aromatic rings. The highest BCUT2D eigenvalue weighted by Gasteiger charge is 2.45. The van der Waals surface area contributed by atoms with E-state index in [1.807, 2.05) is 47.8 Å². The van der Waals surface area contributed by atoms with Gasteiger partial charge in [0.15, 0.2) is 0 Å². The maximum absolute atomic E-state index is 12.9. The maximum atomic E-state index is 12.9. The quantitative estimate of drug-likeness (QED) is 0.613. The van der Waals surface area contributed by atoms with Crippen LogP contribution < -0.4 is 10.5 Å². The van der Waals surface area contributed by atoms with Crippen LogP contribution in [0.3, 0.4) is 0 Å². The zero-order valence-corrected chi connectivity index (χ0v) is 18.4. The number of thiophene rings is 1. The molecule has 1 aliphatic heterocycles. The van der Waals surface area contributed by atoms with Gasteiger partial charge < -0.3 is 15.4 Å². The molecule has 1 atom stereocenters. The molecule has 0 aliphatic carbocycles. The number of nitrogens with zero attached hydrogens (tertiary/aromatic N) is 1. The van der Waals surface area contributed by atoms with Crippen molar-refractivity contribution in [1.82, 2.24) is 4.90 Å². The monoisotopic (exact) mass is 434 g/mol. The number of carbonyl (C=O) groups excluding carboxylic acids is 2. The van der Waals surface area contributed by atoms with E-state index >= 15 is 0 Å². The van der Waals surface area contributed by atoms with Crippen molar-refractivity contribution >= 4 is 23.2 Å². The van der Waals surface area contributed by atoms with E-state index in [4.69, 9.17) is 10.5 Å². The normalized spacial score (nSPS) is 18.2. The summed E-state index contributed by atoms with van der Waals surface area (Å²) >= 11 is 1.68. The Morgan fingerprint density at radius 3 is 2.55 bits per heavy atom. The van der Waals surface area contributed by atoms with Gasteiger partial charge in [0.25, 0.3) is 0 Å². The van der Waals surface area contributed by atoms with Gasteiger partial charge in [0.1, 0.15) is 5.75 Å². The van der Waals surface area contributed by atoms with Gasteiger partial charge in [-0.3, -0.25) is 9.59 Å². The van der Waals surface area contributed by atoms with Crippen molar-refractivity contribution in [2.45, 2.75) is 19.3 Å². The van der Waals surface area contributed by atoms with E-state index in [9.17, 15) is 9.59 Å². The second-order valence-corrected chi connectivity index (χ2v) is 8.99. The van der Waals surface area contributed by atoms with Crippen LogP contribution in [0.25, 0.3) is 10.4 Å². The van der Waals surface area contributed by atoms with Crippen LogP contribution in [-0.4, -0.2) is 36.9 Å². The van der Waals surface area contributed by atoms with Gasteiger partial charge in [-0.15, -0.1) is 11.3 Å². The standard InChI is InChI=1S/C25H26N2O3S/c1-30-20-10-8-18(9-11-20)15-23(28)27-13-12-25(17-27,24(26)29)16-19-5-2-3-6-21(19)22-7-4-14-31-22/h2-11,14H,12-13,15-17H2,1H3,(H2,26,29). The highest BCUT2D eigenvalue weighted by Crippen LogP contribution is 2.38. The van der Waals surface area contributed by atoms with Gasteiger partial charge in [-0.25, -0.2) is 0 Å². The molecular weight excluding hydrogens is 408 g/mol. The van der Waals surface area contributed by atoms with E-state index in [2.05, 4.69) is 18.2 Å². The van der Waals surface area contributed by atoms with Crippen molar-refractivity contribution in [3.63, 3.8) is 0 Å². The SMILES string of the molecule is COc1ccc(CC(=O)N2CCC(Cc3ccccc3-c3cccs3)(C(N)=O)C2)cc1. The Kier molecular flexibility index (Phi) is 6.09. The molecule has 0 radical (unpaired) electrons. The van der Waals surface area contributed by atoms with Crippen molar-refractivity contribution in [2.24, 2.45) is 11.1 Å². The fourth-order valence-electron chi connectivity index (χ4n) is 4.26. The summed E-state index contributed by atoms with van der Waals surface area (Å²) in [4.78, 5) is 28.5. The Morgan fingerprint density at radius 1 is 1.10 bits per heavy atom. The molecule has 0 bridgehead atoms. The molecule has 2 aromatic carbocycles. The van der Waals surface area contributed by atoms with Crippen LogP contribution in [0.4, 0.5) is 0 Å². The lowest BCUT2D eigenvalue weighted by Crippen LogP contribution is -2.42. The van der Waals surface area contributed by atoms with Crippen LogP contribution in [0.2, 0.25) is 0 Å². The first-order chi connectivity index (χ1) is 15.0. The predicted molar refractivity (Wildman–Crippen MR) is 123 cm³/mol. The predicted octanol–water partition coefficient (Wildman–Crippen LogP) is 3.91. The Hall–Kier alpha value is -3.12. The summed E-state index contributed by atoms with van der Waals surface area (Å²) in [6.07, 6.45) is 1.41. The lowest BCUT2D eigenvalue weighted by atomic mass is 9.79. The number of nitrogens with two attached hydrogens (primary N) is 1. The van der Waals surface area contributed by atoms with Gasteiger partial charge in [0.05, 0.1) is 18.9 Å². The van der Waals surface area contributed by atoms with E-state index < -0.39 is 5.41 Å². The summed E-state index contributed by atoms with van der Waals surface area (Å²) in [5.74, 6) is 0.433. The average Bonchev–Trinajstić information content (AvgIpc) is 3.46. The molecule has 5 nitrogen and oxygen atoms in total. The van der Waals surface area contributed by atoms with Crippen LogP contribution in [0.15, 0.2) is 66.0 Å². The Labute approximate surface area is 186 Å². The molecule has 160 valence electrons. The highest BCUT2D eigenvalue weighted by molar-refractivity contribution is 7.13. The maximum Gasteiger partial charge on any atom is 0.227 e. The van der Waals surface area contributed by atoms with Crippen LogP contribution in [0, 0.1) is 5.41 Å². The number of hydrogen-bond acceptors (Lipinski definition) is 4. The zero-order chi connectivity index (χ0) is 21.8. The third-order valence-corrected chi connectivity index (χ3v) is 6.98. The first-order valence-corrected chi connectivity index (χ1v) is 11.2. The van der Waals surface area contributed by atoms with E-state index in [1.54, 1.807) is 23.3 Å². The average molecular weight is 435 g/mol. The number of ether oxygens (including phenoxy) is 1. The summed E-state index contributed by atoms with van der Waals surface area (Å²) in [7, 11) is 1.62. The second-order valence-electron chi connectivity index (χ2n) is 8.05. The lowest BCUT2D eigenvalue weighted by molar-refractivity contribution is -0.131. The molecule has 1 fully saturated rings. The van der Waals surface area contributed by atoms with Crippen LogP contribution in [-0.2, 0) is 22.4 Å². The summed E-state index contributed by atoms with van der Waals surface area (Å²) in [6.45, 7) is 0.898. The third-order valence-electron chi connectivity index (χ3n) is 6.08. The van der Waals surface area contributed by atoms with Gasteiger partial charge in [0.2, 0.25) is 11.8 Å². The summed E-state index contributed by atoms with van der Waals surface area (Å²) in [5.41, 5.74) is 8.30. The minimum absolute atomic E-state index is 0.0137. The van der Waals surface area contributed by atoms with Gasteiger partial charge in [0, 0.05) is 18.0 Å². The van der Waals surface area contributed by atoms with Crippen molar-refractivity contribution in [3.05, 3.63) is 77.2 Å². The minimum Gasteiger partial charge on any atom is -0.497 e. The largest absolute Gasteiger partial charge is 0.497 e. The lowest BCUT2D eigenvalue weighted by Gasteiger charge is -2.27. The first kappa shape index (κ1) is 21.1. The van der Waals surface area contributed by atoms with Crippen molar-refractivity contribution < 1.29 is 14.3 Å². The molecule has 2 heterocycles. The number of hydrogen-bond donors (Lipinski definition) is 1. The highest BCUT2D eigenvalue weighted by atomic mass is 32.1. The molecule has 1 unspecified atom stereocenters. The van der Waals surface area contributed by atoms with Gasteiger partial charge in [-0.05, 0) is 53.1 Å². The van der Waals surface area contributed by atoms with E-state index in [0.29, 0.717) is 32.4 Å². The fourth-order valence-corrected chi connectivity index (χ4v) is 5.05. The number of primary amides is 1. The van der Waals surface area contributed by atoms with Gasteiger partial charge in [-0.2, -0.15) is 0 Å². The second kappa shape index (κ2) is 8.94. The Balaban J connectivity index is 1.51.